The summed E-state index contributed by atoms with van der Waals surface area (Å²) in [6.45, 7) is 7.59. The van der Waals surface area contributed by atoms with Gasteiger partial charge in [-0.2, -0.15) is 0 Å². The van der Waals surface area contributed by atoms with E-state index < -0.39 is 0 Å². The molecular weight excluding hydrogens is 285 g/mol. The molecule has 1 aromatic rings. The van der Waals surface area contributed by atoms with Crippen LogP contribution in [0.2, 0.25) is 0 Å². The van der Waals surface area contributed by atoms with E-state index in [1.807, 2.05) is 24.0 Å². The van der Waals surface area contributed by atoms with E-state index in [4.69, 9.17) is 0 Å². The average molecular weight is 306 g/mol. The zero-order chi connectivity index (χ0) is 12.4. The molecule has 0 spiro atoms. The molecule has 4 nitrogen and oxygen atoms in total. The molecule has 1 amide bonds. The number of halogens is 2. The lowest BCUT2D eigenvalue weighted by Gasteiger charge is -2.36. The van der Waals surface area contributed by atoms with Gasteiger partial charge in [0.25, 0.3) is 5.91 Å². The summed E-state index contributed by atoms with van der Waals surface area (Å²) in [6, 6.07) is 6.25. The normalized spacial score (nSPS) is 22.2. The summed E-state index contributed by atoms with van der Waals surface area (Å²) in [7, 11) is 0. The van der Waals surface area contributed by atoms with E-state index in [0.29, 0.717) is 17.8 Å². The Labute approximate surface area is 126 Å². The first kappa shape index (κ1) is 18.2. The van der Waals surface area contributed by atoms with Crippen LogP contribution in [0.1, 0.15) is 30.0 Å². The molecule has 2 rings (SSSR count). The molecule has 108 valence electrons. The van der Waals surface area contributed by atoms with E-state index in [-0.39, 0.29) is 30.7 Å². The van der Waals surface area contributed by atoms with Crippen molar-refractivity contribution in [3.63, 3.8) is 0 Å². The Balaban J connectivity index is 0.00000162. The summed E-state index contributed by atoms with van der Waals surface area (Å²) >= 11 is 0. The molecule has 0 aliphatic carbocycles. The van der Waals surface area contributed by atoms with Crippen molar-refractivity contribution in [2.45, 2.75) is 32.9 Å². The van der Waals surface area contributed by atoms with Gasteiger partial charge in [0.05, 0.1) is 0 Å². The van der Waals surface area contributed by atoms with Crippen molar-refractivity contribution in [2.75, 3.05) is 13.1 Å². The first-order valence-corrected chi connectivity index (χ1v) is 6.05. The van der Waals surface area contributed by atoms with Gasteiger partial charge in [0.2, 0.25) is 0 Å². The zero-order valence-electron chi connectivity index (χ0n) is 11.4. The summed E-state index contributed by atoms with van der Waals surface area (Å²) in [5, 5.41) is 3.41. The van der Waals surface area contributed by atoms with Crippen LogP contribution < -0.4 is 5.32 Å². The van der Waals surface area contributed by atoms with Gasteiger partial charge in [-0.3, -0.25) is 4.79 Å². The van der Waals surface area contributed by atoms with Crippen molar-refractivity contribution in [1.29, 1.82) is 0 Å². The lowest BCUT2D eigenvalue weighted by atomic mass is 10.1. The van der Waals surface area contributed by atoms with Crippen LogP contribution in [-0.4, -0.2) is 41.0 Å². The summed E-state index contributed by atoms with van der Waals surface area (Å²) in [4.78, 5) is 18.4. The van der Waals surface area contributed by atoms with Gasteiger partial charge >= 0.3 is 0 Å². The maximum absolute atomic E-state index is 12.3. The maximum atomic E-state index is 12.3. The molecule has 2 atom stereocenters. The van der Waals surface area contributed by atoms with Crippen LogP contribution in [0.15, 0.2) is 18.2 Å². The molecule has 0 aromatic carbocycles. The Kier molecular flexibility index (Phi) is 7.34. The van der Waals surface area contributed by atoms with Gasteiger partial charge in [0, 0.05) is 30.9 Å². The van der Waals surface area contributed by atoms with Gasteiger partial charge in [0.1, 0.15) is 5.69 Å². The molecule has 1 aliphatic rings. The van der Waals surface area contributed by atoms with E-state index in [1.54, 1.807) is 6.07 Å². The number of hydrogen-bond donors (Lipinski definition) is 1. The Hall–Kier alpha value is -0.840. The SMILES string of the molecule is Cc1cccc(C(=O)N2CC(C)NC(C)C2)n1.Cl.Cl. The highest BCUT2D eigenvalue weighted by molar-refractivity contribution is 5.92. The van der Waals surface area contributed by atoms with Crippen LogP contribution in [-0.2, 0) is 0 Å². The Morgan fingerprint density at radius 1 is 1.26 bits per heavy atom. The second-order valence-electron chi connectivity index (χ2n) is 4.84. The van der Waals surface area contributed by atoms with Crippen LogP contribution in [0.25, 0.3) is 0 Å². The molecule has 2 unspecified atom stereocenters. The number of piperazine rings is 1. The van der Waals surface area contributed by atoms with Crippen LogP contribution in [0, 0.1) is 6.92 Å². The summed E-state index contributed by atoms with van der Waals surface area (Å²) in [5.41, 5.74) is 1.43. The van der Waals surface area contributed by atoms with E-state index in [2.05, 4.69) is 24.1 Å². The smallest absolute Gasteiger partial charge is 0.272 e. The molecule has 1 aliphatic heterocycles. The van der Waals surface area contributed by atoms with Gasteiger partial charge in [-0.1, -0.05) is 6.07 Å². The number of hydrogen-bond acceptors (Lipinski definition) is 3. The summed E-state index contributed by atoms with van der Waals surface area (Å²) in [5.74, 6) is 0.0360. The molecule has 6 heteroatoms. The Morgan fingerprint density at radius 2 is 1.84 bits per heavy atom. The molecule has 1 fully saturated rings. The topological polar surface area (TPSA) is 45.2 Å². The predicted molar refractivity (Wildman–Crippen MR) is 81.4 cm³/mol. The molecular formula is C13H21Cl2N3O. The molecule has 1 aromatic heterocycles. The lowest BCUT2D eigenvalue weighted by molar-refractivity contribution is 0.0667. The number of carbonyl (C=O) groups is 1. The van der Waals surface area contributed by atoms with E-state index >= 15 is 0 Å². The number of rotatable bonds is 1. The third kappa shape index (κ3) is 4.64. The number of nitrogens with zero attached hydrogens (tertiary/aromatic N) is 2. The van der Waals surface area contributed by atoms with E-state index in [9.17, 15) is 4.79 Å². The van der Waals surface area contributed by atoms with Crippen LogP contribution in [0.4, 0.5) is 0 Å². The minimum Gasteiger partial charge on any atom is -0.334 e. The molecule has 2 heterocycles. The highest BCUT2D eigenvalue weighted by atomic mass is 35.5. The van der Waals surface area contributed by atoms with E-state index in [0.717, 1.165) is 18.8 Å². The second-order valence-corrected chi connectivity index (χ2v) is 4.84. The molecule has 1 saturated heterocycles. The Bertz CT molecular complexity index is 418. The minimum atomic E-state index is 0. The largest absolute Gasteiger partial charge is 0.334 e. The van der Waals surface area contributed by atoms with Crippen molar-refractivity contribution < 1.29 is 4.79 Å². The number of nitrogens with one attached hydrogen (secondary N) is 1. The second kappa shape index (κ2) is 7.68. The maximum Gasteiger partial charge on any atom is 0.272 e. The third-order valence-electron chi connectivity index (χ3n) is 2.95. The standard InChI is InChI=1S/C13H19N3O.2ClH/c1-9-5-4-6-12(15-9)13(17)16-7-10(2)14-11(3)8-16;;/h4-6,10-11,14H,7-8H2,1-3H3;2*1H. The molecule has 0 radical (unpaired) electrons. The van der Waals surface area contributed by atoms with Crippen molar-refractivity contribution in [2.24, 2.45) is 0 Å². The van der Waals surface area contributed by atoms with E-state index in [1.165, 1.54) is 0 Å². The number of pyridine rings is 1. The van der Waals surface area contributed by atoms with Crippen molar-refractivity contribution in [3.8, 4) is 0 Å². The predicted octanol–water partition coefficient (Wildman–Crippen LogP) is 2.06. The number of aryl methyl sites for hydroxylation is 1. The summed E-state index contributed by atoms with van der Waals surface area (Å²) < 4.78 is 0. The fraction of sp³-hybridized carbons (Fsp3) is 0.538. The van der Waals surface area contributed by atoms with Gasteiger partial charge < -0.3 is 10.2 Å². The molecule has 0 bridgehead atoms. The molecule has 1 N–H and O–H groups in total. The van der Waals surface area contributed by atoms with Crippen LogP contribution in [0.3, 0.4) is 0 Å². The fourth-order valence-corrected chi connectivity index (χ4v) is 2.32. The number of carbonyl (C=O) groups excluding carboxylic acids is 1. The van der Waals surface area contributed by atoms with Gasteiger partial charge in [-0.15, -0.1) is 24.8 Å². The quantitative estimate of drug-likeness (QED) is 0.864. The third-order valence-corrected chi connectivity index (χ3v) is 2.95. The monoisotopic (exact) mass is 305 g/mol. The van der Waals surface area contributed by atoms with Crippen molar-refractivity contribution in [3.05, 3.63) is 29.6 Å². The van der Waals surface area contributed by atoms with Gasteiger partial charge in [-0.05, 0) is 32.9 Å². The zero-order valence-corrected chi connectivity index (χ0v) is 13.1. The van der Waals surface area contributed by atoms with Crippen molar-refractivity contribution in [1.82, 2.24) is 15.2 Å². The number of amides is 1. The minimum absolute atomic E-state index is 0. The fourth-order valence-electron chi connectivity index (χ4n) is 2.32. The molecule has 0 saturated carbocycles. The van der Waals surface area contributed by atoms with Crippen LogP contribution in [0.5, 0.6) is 0 Å². The average Bonchev–Trinajstić information content (AvgIpc) is 2.26. The lowest BCUT2D eigenvalue weighted by Crippen LogP contribution is -2.55. The first-order valence-electron chi connectivity index (χ1n) is 6.05. The molecule has 19 heavy (non-hydrogen) atoms. The van der Waals surface area contributed by atoms with Crippen molar-refractivity contribution >= 4 is 30.7 Å². The van der Waals surface area contributed by atoms with Crippen LogP contribution >= 0.6 is 24.8 Å². The van der Waals surface area contributed by atoms with Gasteiger partial charge in [0.15, 0.2) is 0 Å². The van der Waals surface area contributed by atoms with Gasteiger partial charge in [-0.25, -0.2) is 4.98 Å². The highest BCUT2D eigenvalue weighted by Crippen LogP contribution is 2.09. The Morgan fingerprint density at radius 3 is 2.37 bits per heavy atom. The first-order chi connectivity index (χ1) is 8.06. The summed E-state index contributed by atoms with van der Waals surface area (Å²) in [6.07, 6.45) is 0. The highest BCUT2D eigenvalue weighted by Gasteiger charge is 2.25. The number of aromatic nitrogens is 1.